The second kappa shape index (κ2) is 57.0. The van der Waals surface area contributed by atoms with E-state index in [0.29, 0.717) is 17.4 Å². The molecule has 0 heterocycles. The number of nitrogens with zero attached hydrogens (tertiary/aromatic N) is 1. The lowest BCUT2D eigenvalue weighted by atomic mass is 10.0. The van der Waals surface area contributed by atoms with Gasteiger partial charge in [0.25, 0.3) is 0 Å². The van der Waals surface area contributed by atoms with E-state index in [1.54, 1.807) is 0 Å². The molecule has 10 heteroatoms. The van der Waals surface area contributed by atoms with Crippen molar-refractivity contribution in [3.63, 3.8) is 0 Å². The molecule has 9 nitrogen and oxygen atoms in total. The van der Waals surface area contributed by atoms with E-state index in [2.05, 4.69) is 74.7 Å². The van der Waals surface area contributed by atoms with Crippen LogP contribution in [0.25, 0.3) is 0 Å². The van der Waals surface area contributed by atoms with Gasteiger partial charge in [-0.3, -0.25) is 18.6 Å². The summed E-state index contributed by atoms with van der Waals surface area (Å²) in [4.78, 5) is 37.8. The SMILES string of the molecule is CCCCC/C=C\C/C=C\CCCCCCCCCCCCCC(=O)NC(COP(=O)(O)OCC[N+](C)(C)C)C(/C=C/CCCCCCCCCCC)OC(=O)CCCCCCCCCCC/C=C\C/C=C\CCCCC. The van der Waals surface area contributed by atoms with Crippen molar-refractivity contribution in [1.29, 1.82) is 0 Å². The van der Waals surface area contributed by atoms with Crippen LogP contribution in [0.4, 0.5) is 0 Å². The molecule has 0 saturated carbocycles. The van der Waals surface area contributed by atoms with Crippen molar-refractivity contribution in [2.75, 3.05) is 40.9 Å². The topological polar surface area (TPSA) is 111 Å². The Hall–Kier alpha value is -2.29. The largest absolute Gasteiger partial charge is 0.472 e. The molecule has 0 aliphatic heterocycles. The van der Waals surface area contributed by atoms with E-state index >= 15 is 0 Å². The minimum atomic E-state index is -4.45. The number of phosphoric acid groups is 1. The van der Waals surface area contributed by atoms with Gasteiger partial charge in [-0.25, -0.2) is 4.57 Å². The number of nitrogens with one attached hydrogen (secondary N) is 1. The Kier molecular flexibility index (Phi) is 55.3. The van der Waals surface area contributed by atoms with Gasteiger partial charge in [0.05, 0.1) is 33.8 Å². The second-order valence-corrected chi connectivity index (χ2v) is 24.7. The third-order valence-corrected chi connectivity index (χ3v) is 15.4. The molecule has 0 saturated heterocycles. The molecular formula is C67H126N2O7P+. The fourth-order valence-corrected chi connectivity index (χ4v) is 10.1. The zero-order chi connectivity index (χ0) is 56.4. The first-order valence-corrected chi connectivity index (χ1v) is 34.1. The third-order valence-electron chi connectivity index (χ3n) is 14.4. The minimum absolute atomic E-state index is 0.0386. The Morgan fingerprint density at radius 2 is 0.792 bits per heavy atom. The number of carbonyl (C=O) groups is 2. The van der Waals surface area contributed by atoms with Gasteiger partial charge in [-0.15, -0.1) is 0 Å². The number of allylic oxidation sites excluding steroid dienone is 9. The molecule has 0 aromatic rings. The van der Waals surface area contributed by atoms with Crippen LogP contribution in [-0.4, -0.2) is 74.3 Å². The van der Waals surface area contributed by atoms with Crippen molar-refractivity contribution in [2.45, 2.75) is 315 Å². The molecule has 1 amide bonds. The van der Waals surface area contributed by atoms with Crippen molar-refractivity contribution in [2.24, 2.45) is 0 Å². The highest BCUT2D eigenvalue weighted by atomic mass is 31.2. The standard InChI is InChI=1S/C67H125N2O7P/c1-7-10-13-16-19-22-25-27-29-31-33-34-36-37-39-41-44-47-50-53-56-59-66(70)68-64(63-75-77(72,73)74-62-61-69(4,5)6)65(58-55-52-49-46-43-24-21-18-15-12-9-3)76-67(71)60-57-54-51-48-45-42-40-38-35-32-30-28-26-23-20-17-14-11-8-2/h19-20,22-23,27-30,55,58,64-65H,7-18,21,24-26,31-54,56-57,59-63H2,1-6H3,(H-,68,70,72,73)/p+1/b22-19-,23-20-,29-27-,30-28-,58-55+. The van der Waals surface area contributed by atoms with Gasteiger partial charge in [-0.1, -0.05) is 255 Å². The molecule has 0 fully saturated rings. The normalized spacial score (nSPS) is 14.0. The van der Waals surface area contributed by atoms with E-state index in [1.165, 1.54) is 199 Å². The second-order valence-electron chi connectivity index (χ2n) is 23.3. The van der Waals surface area contributed by atoms with E-state index in [4.69, 9.17) is 13.8 Å². The van der Waals surface area contributed by atoms with Gasteiger partial charge in [0.15, 0.2) is 0 Å². The number of phosphoric ester groups is 1. The maximum Gasteiger partial charge on any atom is 0.472 e. The maximum absolute atomic E-state index is 13.6. The number of rotatable bonds is 59. The Morgan fingerprint density at radius 3 is 1.19 bits per heavy atom. The third kappa shape index (κ3) is 58.2. The van der Waals surface area contributed by atoms with Gasteiger partial charge in [-0.2, -0.15) is 0 Å². The van der Waals surface area contributed by atoms with Gasteiger partial charge >= 0.3 is 13.8 Å². The van der Waals surface area contributed by atoms with Crippen LogP contribution in [-0.2, 0) is 27.9 Å². The highest BCUT2D eigenvalue weighted by Crippen LogP contribution is 2.43. The zero-order valence-electron chi connectivity index (χ0n) is 51.5. The number of ether oxygens (including phenoxy) is 1. The van der Waals surface area contributed by atoms with Gasteiger partial charge in [0.1, 0.15) is 19.3 Å². The molecule has 0 aromatic heterocycles. The average molecular weight is 1100 g/mol. The van der Waals surface area contributed by atoms with Crippen molar-refractivity contribution in [3.8, 4) is 0 Å². The van der Waals surface area contributed by atoms with Gasteiger partial charge in [-0.05, 0) is 96.0 Å². The van der Waals surface area contributed by atoms with Crippen molar-refractivity contribution in [3.05, 3.63) is 60.8 Å². The fraction of sp³-hybridized carbons (Fsp3) is 0.821. The van der Waals surface area contributed by atoms with Gasteiger partial charge < -0.3 is 19.4 Å². The molecule has 0 aliphatic rings. The van der Waals surface area contributed by atoms with Crippen LogP contribution in [0, 0.1) is 0 Å². The van der Waals surface area contributed by atoms with Crippen LogP contribution in [0.1, 0.15) is 303 Å². The summed E-state index contributed by atoms with van der Waals surface area (Å²) < 4.78 is 30.7. The Bertz CT molecular complexity index is 1500. The number of hydrogen-bond acceptors (Lipinski definition) is 6. The molecule has 450 valence electrons. The number of quaternary nitrogens is 1. The molecule has 0 spiro atoms. The highest BCUT2D eigenvalue weighted by molar-refractivity contribution is 7.47. The molecule has 0 radical (unpaired) electrons. The number of hydrogen-bond donors (Lipinski definition) is 2. The predicted molar refractivity (Wildman–Crippen MR) is 332 cm³/mol. The van der Waals surface area contributed by atoms with Crippen LogP contribution in [0.15, 0.2) is 60.8 Å². The van der Waals surface area contributed by atoms with E-state index in [0.717, 1.165) is 70.6 Å². The average Bonchev–Trinajstić information content (AvgIpc) is 3.39. The van der Waals surface area contributed by atoms with Crippen LogP contribution in [0.3, 0.4) is 0 Å². The summed E-state index contributed by atoms with van der Waals surface area (Å²) >= 11 is 0. The smallest absolute Gasteiger partial charge is 0.456 e. The number of carbonyl (C=O) groups excluding carboxylic acids is 2. The summed E-state index contributed by atoms with van der Waals surface area (Å²) in [5.74, 6) is -0.505. The Labute approximate surface area is 477 Å². The summed E-state index contributed by atoms with van der Waals surface area (Å²) in [5, 5.41) is 3.06. The highest BCUT2D eigenvalue weighted by Gasteiger charge is 2.30. The summed E-state index contributed by atoms with van der Waals surface area (Å²) in [5.41, 5.74) is 0. The Balaban J connectivity index is 5.15. The van der Waals surface area contributed by atoms with E-state index < -0.39 is 20.0 Å². The number of unbranched alkanes of at least 4 members (excludes halogenated alkanes) is 35. The first-order chi connectivity index (χ1) is 37.4. The zero-order valence-corrected chi connectivity index (χ0v) is 52.3. The fourth-order valence-electron chi connectivity index (χ4n) is 9.35. The van der Waals surface area contributed by atoms with Crippen LogP contribution in [0.5, 0.6) is 0 Å². The lowest BCUT2D eigenvalue weighted by molar-refractivity contribution is -0.870. The summed E-state index contributed by atoms with van der Waals surface area (Å²) in [6, 6.07) is -0.852. The Morgan fingerprint density at radius 1 is 0.455 bits per heavy atom. The van der Waals surface area contributed by atoms with Crippen LogP contribution < -0.4 is 5.32 Å². The molecular weight excluding hydrogens is 976 g/mol. The van der Waals surface area contributed by atoms with E-state index in [-0.39, 0.29) is 31.5 Å². The van der Waals surface area contributed by atoms with Gasteiger partial charge in [0, 0.05) is 12.8 Å². The molecule has 77 heavy (non-hydrogen) atoms. The summed E-state index contributed by atoms with van der Waals surface area (Å²) in [7, 11) is 1.50. The van der Waals surface area contributed by atoms with E-state index in [1.807, 2.05) is 33.3 Å². The number of likely N-dealkylation sites (N-methyl/N-ethyl adjacent to an activating group) is 1. The molecule has 0 aliphatic carbocycles. The number of esters is 1. The van der Waals surface area contributed by atoms with Crippen molar-refractivity contribution >= 4 is 19.7 Å². The lowest BCUT2D eigenvalue weighted by Crippen LogP contribution is -2.47. The maximum atomic E-state index is 13.6. The van der Waals surface area contributed by atoms with Crippen LogP contribution in [0.2, 0.25) is 0 Å². The molecule has 3 unspecified atom stereocenters. The van der Waals surface area contributed by atoms with Gasteiger partial charge in [0.2, 0.25) is 5.91 Å². The summed E-state index contributed by atoms with van der Waals surface area (Å²) in [6.07, 6.45) is 72.1. The molecule has 0 bridgehead atoms. The van der Waals surface area contributed by atoms with E-state index in [9.17, 15) is 19.0 Å². The molecule has 3 atom stereocenters. The van der Waals surface area contributed by atoms with Crippen LogP contribution >= 0.6 is 7.82 Å². The summed E-state index contributed by atoms with van der Waals surface area (Å²) in [6.45, 7) is 6.98. The first kappa shape index (κ1) is 74.7. The first-order valence-electron chi connectivity index (χ1n) is 32.6. The van der Waals surface area contributed by atoms with Crippen molar-refractivity contribution in [1.82, 2.24) is 5.32 Å². The quantitative estimate of drug-likeness (QED) is 0.0205. The predicted octanol–water partition coefficient (Wildman–Crippen LogP) is 20.2. The lowest BCUT2D eigenvalue weighted by Gasteiger charge is -2.27. The molecule has 0 aromatic carbocycles. The minimum Gasteiger partial charge on any atom is -0.456 e. The van der Waals surface area contributed by atoms with Crippen molar-refractivity contribution < 1.29 is 37.3 Å². The molecule has 2 N–H and O–H groups in total. The molecule has 0 rings (SSSR count). The monoisotopic (exact) mass is 1100 g/mol. The number of amides is 1.